The van der Waals surface area contributed by atoms with E-state index < -0.39 is 0 Å². The monoisotopic (exact) mass is 346 g/mol. The van der Waals surface area contributed by atoms with Crippen LogP contribution in [0.2, 0.25) is 0 Å². The fourth-order valence-corrected chi connectivity index (χ4v) is 2.80. The molecule has 0 aliphatic carbocycles. The Hall–Kier alpha value is -3.38. The molecule has 2 aromatic carbocycles. The third kappa shape index (κ3) is 3.10. The number of para-hydroxylation sites is 2. The number of hydrogen-bond donors (Lipinski definition) is 2. The van der Waals surface area contributed by atoms with Gasteiger partial charge in [0.25, 0.3) is 0 Å². The van der Waals surface area contributed by atoms with Crippen LogP contribution in [-0.2, 0) is 0 Å². The van der Waals surface area contributed by atoms with Crippen molar-refractivity contribution >= 4 is 11.5 Å². The van der Waals surface area contributed by atoms with E-state index in [2.05, 4.69) is 15.3 Å². The Kier molecular flexibility index (Phi) is 4.49. The Morgan fingerprint density at radius 1 is 1.00 bits per heavy atom. The minimum Gasteiger partial charge on any atom is -0.457 e. The number of hydrogen-bond acceptors (Lipinski definition) is 5. The van der Waals surface area contributed by atoms with E-state index in [1.165, 1.54) is 0 Å². The molecule has 2 N–H and O–H groups in total. The molecule has 0 unspecified atom stereocenters. The fourth-order valence-electron chi connectivity index (χ4n) is 2.80. The molecule has 4 rings (SSSR count). The minimum atomic E-state index is 0.0318. The molecule has 0 amide bonds. The third-order valence-corrected chi connectivity index (χ3v) is 3.97. The fraction of sp³-hybridized carbons (Fsp3) is 0.100. The summed E-state index contributed by atoms with van der Waals surface area (Å²) in [5.41, 5.74) is 2.54. The van der Waals surface area contributed by atoms with Gasteiger partial charge >= 0.3 is 0 Å². The van der Waals surface area contributed by atoms with E-state index in [-0.39, 0.29) is 6.61 Å². The van der Waals surface area contributed by atoms with E-state index in [1.54, 1.807) is 12.4 Å². The standard InChI is InChI=1S/C20H18N4O2/c25-13-11-22-19-20-23-14-17(24(20)12-10-21-19)16-8-4-5-9-18(16)26-15-6-2-1-3-7-15/h1-10,12,14,25H,11,13H2,(H,21,22). The second kappa shape index (κ2) is 7.25. The number of fused-ring (bicyclic) bond motifs is 1. The van der Waals surface area contributed by atoms with Crippen LogP contribution in [-0.4, -0.2) is 32.6 Å². The molecule has 130 valence electrons. The van der Waals surface area contributed by atoms with Crippen molar-refractivity contribution in [1.82, 2.24) is 14.4 Å². The van der Waals surface area contributed by atoms with Crippen LogP contribution in [0.3, 0.4) is 0 Å². The maximum Gasteiger partial charge on any atom is 0.180 e. The first-order chi connectivity index (χ1) is 12.9. The lowest BCUT2D eigenvalue weighted by Crippen LogP contribution is -2.08. The van der Waals surface area contributed by atoms with Crippen molar-refractivity contribution in [2.24, 2.45) is 0 Å². The maximum atomic E-state index is 9.03. The van der Waals surface area contributed by atoms with Crippen molar-refractivity contribution in [3.05, 3.63) is 73.2 Å². The number of rotatable bonds is 6. The quantitative estimate of drug-likeness (QED) is 0.558. The van der Waals surface area contributed by atoms with E-state index in [4.69, 9.17) is 9.84 Å². The highest BCUT2D eigenvalue weighted by Gasteiger charge is 2.14. The predicted octanol–water partition coefficient (Wildman–Crippen LogP) is 3.59. The van der Waals surface area contributed by atoms with Gasteiger partial charge in [-0.2, -0.15) is 0 Å². The summed E-state index contributed by atoms with van der Waals surface area (Å²) in [6.07, 6.45) is 5.37. The van der Waals surface area contributed by atoms with Gasteiger partial charge in [-0.1, -0.05) is 30.3 Å². The molecule has 0 saturated heterocycles. The van der Waals surface area contributed by atoms with Crippen LogP contribution in [0.1, 0.15) is 0 Å². The molecule has 0 bridgehead atoms. The van der Waals surface area contributed by atoms with Crippen LogP contribution in [0.4, 0.5) is 5.82 Å². The molecular formula is C20H18N4O2. The Morgan fingerprint density at radius 3 is 2.65 bits per heavy atom. The van der Waals surface area contributed by atoms with Crippen molar-refractivity contribution in [3.8, 4) is 22.8 Å². The molecular weight excluding hydrogens is 328 g/mol. The highest BCUT2D eigenvalue weighted by atomic mass is 16.5. The van der Waals surface area contributed by atoms with Crippen LogP contribution >= 0.6 is 0 Å². The van der Waals surface area contributed by atoms with Crippen molar-refractivity contribution in [1.29, 1.82) is 0 Å². The summed E-state index contributed by atoms with van der Waals surface area (Å²) in [6, 6.07) is 17.5. The summed E-state index contributed by atoms with van der Waals surface area (Å²) in [5, 5.41) is 12.1. The predicted molar refractivity (Wildman–Crippen MR) is 101 cm³/mol. The van der Waals surface area contributed by atoms with E-state index in [1.807, 2.05) is 65.2 Å². The number of aliphatic hydroxyl groups is 1. The number of imidazole rings is 1. The maximum absolute atomic E-state index is 9.03. The molecule has 2 aromatic heterocycles. The highest BCUT2D eigenvalue weighted by Crippen LogP contribution is 2.34. The van der Waals surface area contributed by atoms with Gasteiger partial charge < -0.3 is 15.2 Å². The van der Waals surface area contributed by atoms with Gasteiger partial charge in [-0.25, -0.2) is 9.97 Å². The minimum absolute atomic E-state index is 0.0318. The van der Waals surface area contributed by atoms with Gasteiger partial charge in [-0.15, -0.1) is 0 Å². The number of anilines is 1. The topological polar surface area (TPSA) is 71.7 Å². The number of aliphatic hydroxyl groups excluding tert-OH is 1. The van der Waals surface area contributed by atoms with Crippen molar-refractivity contribution in [2.75, 3.05) is 18.5 Å². The van der Waals surface area contributed by atoms with E-state index in [0.717, 1.165) is 22.8 Å². The lowest BCUT2D eigenvalue weighted by Gasteiger charge is -2.11. The molecule has 4 aromatic rings. The second-order valence-corrected chi connectivity index (χ2v) is 5.67. The largest absolute Gasteiger partial charge is 0.457 e. The number of nitrogens with zero attached hydrogens (tertiary/aromatic N) is 3. The van der Waals surface area contributed by atoms with Crippen LogP contribution in [0.5, 0.6) is 11.5 Å². The molecule has 0 saturated carbocycles. The molecule has 0 aliphatic rings. The molecule has 2 heterocycles. The normalized spacial score (nSPS) is 10.8. The van der Waals surface area contributed by atoms with Crippen LogP contribution < -0.4 is 10.1 Å². The van der Waals surface area contributed by atoms with Crippen LogP contribution in [0.25, 0.3) is 16.9 Å². The Labute approximate surface area is 150 Å². The molecule has 0 aliphatic heterocycles. The molecule has 0 radical (unpaired) electrons. The van der Waals surface area contributed by atoms with Gasteiger partial charge in [0, 0.05) is 24.5 Å². The average molecular weight is 346 g/mol. The van der Waals surface area contributed by atoms with Gasteiger partial charge in [0.05, 0.1) is 18.5 Å². The zero-order chi connectivity index (χ0) is 17.8. The summed E-state index contributed by atoms with van der Waals surface area (Å²) in [4.78, 5) is 8.80. The van der Waals surface area contributed by atoms with E-state index in [0.29, 0.717) is 18.0 Å². The number of ether oxygens (including phenoxy) is 1. The average Bonchev–Trinajstić information content (AvgIpc) is 3.12. The molecule has 0 atom stereocenters. The van der Waals surface area contributed by atoms with Crippen molar-refractivity contribution in [2.45, 2.75) is 0 Å². The first-order valence-corrected chi connectivity index (χ1v) is 8.36. The first kappa shape index (κ1) is 16.1. The third-order valence-electron chi connectivity index (χ3n) is 3.97. The molecule has 6 nitrogen and oxygen atoms in total. The van der Waals surface area contributed by atoms with Gasteiger partial charge in [0.15, 0.2) is 11.5 Å². The lowest BCUT2D eigenvalue weighted by molar-refractivity contribution is 0.311. The lowest BCUT2D eigenvalue weighted by atomic mass is 10.1. The Balaban J connectivity index is 1.77. The summed E-state index contributed by atoms with van der Waals surface area (Å²) in [6.45, 7) is 0.451. The first-order valence-electron chi connectivity index (χ1n) is 8.36. The summed E-state index contributed by atoms with van der Waals surface area (Å²) in [5.74, 6) is 2.16. The molecule has 26 heavy (non-hydrogen) atoms. The molecule has 6 heteroatoms. The van der Waals surface area contributed by atoms with Crippen LogP contribution in [0, 0.1) is 0 Å². The zero-order valence-corrected chi connectivity index (χ0v) is 14.0. The summed E-state index contributed by atoms with van der Waals surface area (Å²) in [7, 11) is 0. The highest BCUT2D eigenvalue weighted by molar-refractivity contribution is 5.74. The van der Waals surface area contributed by atoms with Crippen molar-refractivity contribution < 1.29 is 9.84 Å². The zero-order valence-electron chi connectivity index (χ0n) is 14.0. The SMILES string of the molecule is OCCNc1nccn2c(-c3ccccc3Oc3ccccc3)cnc12. The molecule has 0 spiro atoms. The smallest absolute Gasteiger partial charge is 0.180 e. The van der Waals surface area contributed by atoms with Gasteiger partial charge in [-0.3, -0.25) is 4.40 Å². The molecule has 0 fully saturated rings. The Bertz CT molecular complexity index is 1010. The number of benzene rings is 2. The van der Waals surface area contributed by atoms with Gasteiger partial charge in [-0.05, 0) is 24.3 Å². The van der Waals surface area contributed by atoms with Gasteiger partial charge in [0.2, 0.25) is 0 Å². The number of nitrogens with one attached hydrogen (secondary N) is 1. The Morgan fingerprint density at radius 2 is 1.81 bits per heavy atom. The van der Waals surface area contributed by atoms with E-state index in [9.17, 15) is 0 Å². The summed E-state index contributed by atoms with van der Waals surface area (Å²) >= 11 is 0. The number of aromatic nitrogens is 3. The van der Waals surface area contributed by atoms with Crippen LogP contribution in [0.15, 0.2) is 73.2 Å². The van der Waals surface area contributed by atoms with Crippen molar-refractivity contribution in [3.63, 3.8) is 0 Å². The summed E-state index contributed by atoms with van der Waals surface area (Å²) < 4.78 is 8.03. The second-order valence-electron chi connectivity index (χ2n) is 5.67. The van der Waals surface area contributed by atoms with E-state index >= 15 is 0 Å². The van der Waals surface area contributed by atoms with Gasteiger partial charge in [0.1, 0.15) is 11.5 Å².